The smallest absolute Gasteiger partial charge is 0.238 e. The van der Waals surface area contributed by atoms with Crippen LogP contribution in [0.25, 0.3) is 0 Å². The number of hydrogen-bond acceptors (Lipinski definition) is 4. The van der Waals surface area contributed by atoms with Crippen LogP contribution in [0, 0.1) is 5.92 Å². The van der Waals surface area contributed by atoms with Crippen LogP contribution in [0.4, 0.5) is 0 Å². The zero-order valence-electron chi connectivity index (χ0n) is 11.3. The molecule has 2 saturated heterocycles. The number of carbonyl (C=O) groups excluding carboxylic acids is 1. The Morgan fingerprint density at radius 1 is 1.44 bits per heavy atom. The van der Waals surface area contributed by atoms with Crippen molar-refractivity contribution in [2.75, 3.05) is 46.4 Å². The van der Waals surface area contributed by atoms with Gasteiger partial charge in [-0.25, -0.2) is 0 Å². The van der Waals surface area contributed by atoms with E-state index in [1.54, 1.807) is 0 Å². The van der Waals surface area contributed by atoms with Gasteiger partial charge in [-0.1, -0.05) is 0 Å². The third-order valence-corrected chi connectivity index (χ3v) is 3.89. The van der Waals surface area contributed by atoms with E-state index in [0.717, 1.165) is 64.6 Å². The van der Waals surface area contributed by atoms with Crippen molar-refractivity contribution < 1.29 is 9.53 Å². The van der Waals surface area contributed by atoms with Gasteiger partial charge in [0.05, 0.1) is 6.04 Å². The standard InChI is InChI=1S/C13H25N3O2/c1-16-7-6-14-12(10-16)13(17)15-5-2-11-3-8-18-9-4-11/h11-12,14H,2-10H2,1H3,(H,15,17). The zero-order chi connectivity index (χ0) is 12.8. The lowest BCUT2D eigenvalue weighted by Crippen LogP contribution is -2.56. The van der Waals surface area contributed by atoms with Gasteiger partial charge in [0.1, 0.15) is 0 Å². The number of nitrogens with one attached hydrogen (secondary N) is 2. The highest BCUT2D eigenvalue weighted by Crippen LogP contribution is 2.17. The molecule has 5 heteroatoms. The molecule has 0 spiro atoms. The molecule has 0 aromatic carbocycles. The predicted molar refractivity (Wildman–Crippen MR) is 70.5 cm³/mol. The van der Waals surface area contributed by atoms with Gasteiger partial charge in [-0.05, 0) is 32.2 Å². The molecule has 2 rings (SSSR count). The van der Waals surface area contributed by atoms with E-state index in [1.165, 1.54) is 0 Å². The minimum atomic E-state index is -0.0431. The van der Waals surface area contributed by atoms with Crippen LogP contribution in [0.2, 0.25) is 0 Å². The molecule has 0 aromatic heterocycles. The lowest BCUT2D eigenvalue weighted by molar-refractivity contribution is -0.124. The Bertz CT molecular complexity index is 267. The van der Waals surface area contributed by atoms with Crippen molar-refractivity contribution in [3.8, 4) is 0 Å². The Hall–Kier alpha value is -0.650. The molecule has 2 N–H and O–H groups in total. The molecular weight excluding hydrogens is 230 g/mol. The first-order chi connectivity index (χ1) is 8.75. The van der Waals surface area contributed by atoms with Gasteiger partial charge in [-0.15, -0.1) is 0 Å². The first-order valence-electron chi connectivity index (χ1n) is 7.03. The van der Waals surface area contributed by atoms with Gasteiger partial charge < -0.3 is 20.3 Å². The Morgan fingerprint density at radius 2 is 2.22 bits per heavy atom. The molecule has 2 heterocycles. The molecule has 0 saturated carbocycles. The number of carbonyl (C=O) groups is 1. The van der Waals surface area contributed by atoms with Crippen molar-refractivity contribution in [2.24, 2.45) is 5.92 Å². The monoisotopic (exact) mass is 255 g/mol. The number of rotatable bonds is 4. The van der Waals surface area contributed by atoms with Crippen molar-refractivity contribution >= 4 is 5.91 Å². The maximum Gasteiger partial charge on any atom is 0.238 e. The second-order valence-corrected chi connectivity index (χ2v) is 5.40. The van der Waals surface area contributed by atoms with Gasteiger partial charge in [-0.2, -0.15) is 0 Å². The van der Waals surface area contributed by atoms with Crippen LogP contribution in [0.1, 0.15) is 19.3 Å². The molecule has 5 nitrogen and oxygen atoms in total. The number of piperazine rings is 1. The van der Waals surface area contributed by atoms with Crippen molar-refractivity contribution in [1.82, 2.24) is 15.5 Å². The summed E-state index contributed by atoms with van der Waals surface area (Å²) in [5, 5.41) is 6.32. The summed E-state index contributed by atoms with van der Waals surface area (Å²) in [5.41, 5.74) is 0. The number of ether oxygens (including phenoxy) is 1. The van der Waals surface area contributed by atoms with Crippen LogP contribution >= 0.6 is 0 Å². The highest BCUT2D eigenvalue weighted by Gasteiger charge is 2.23. The molecule has 0 radical (unpaired) electrons. The number of amides is 1. The largest absolute Gasteiger partial charge is 0.381 e. The third kappa shape index (κ3) is 4.23. The van der Waals surface area contributed by atoms with Crippen LogP contribution < -0.4 is 10.6 Å². The Morgan fingerprint density at radius 3 is 2.94 bits per heavy atom. The van der Waals surface area contributed by atoms with E-state index in [4.69, 9.17) is 4.74 Å². The van der Waals surface area contributed by atoms with E-state index < -0.39 is 0 Å². The number of hydrogen-bond donors (Lipinski definition) is 2. The first-order valence-corrected chi connectivity index (χ1v) is 7.03. The van der Waals surface area contributed by atoms with E-state index in [1.807, 2.05) is 0 Å². The summed E-state index contributed by atoms with van der Waals surface area (Å²) < 4.78 is 5.33. The summed E-state index contributed by atoms with van der Waals surface area (Å²) in [5.74, 6) is 0.870. The molecule has 0 aliphatic carbocycles. The number of nitrogens with zero attached hydrogens (tertiary/aromatic N) is 1. The van der Waals surface area contributed by atoms with Gasteiger partial charge in [0.2, 0.25) is 5.91 Å². The summed E-state index contributed by atoms with van der Waals surface area (Å²) in [6.45, 7) is 5.29. The van der Waals surface area contributed by atoms with E-state index in [-0.39, 0.29) is 11.9 Å². The van der Waals surface area contributed by atoms with Gasteiger partial charge in [0.15, 0.2) is 0 Å². The summed E-state index contributed by atoms with van der Waals surface area (Å²) in [4.78, 5) is 14.2. The Kier molecular flexibility index (Phi) is 5.41. The quantitative estimate of drug-likeness (QED) is 0.732. The van der Waals surface area contributed by atoms with Gasteiger partial charge in [0.25, 0.3) is 0 Å². The minimum Gasteiger partial charge on any atom is -0.381 e. The van der Waals surface area contributed by atoms with Gasteiger partial charge >= 0.3 is 0 Å². The fourth-order valence-corrected chi connectivity index (χ4v) is 2.63. The average Bonchev–Trinajstić information content (AvgIpc) is 2.40. The minimum absolute atomic E-state index is 0.0431. The van der Waals surface area contributed by atoms with Crippen LogP contribution in [0.5, 0.6) is 0 Å². The van der Waals surface area contributed by atoms with Gasteiger partial charge in [0, 0.05) is 39.4 Å². The predicted octanol–water partition coefficient (Wildman–Crippen LogP) is -0.177. The molecule has 2 aliphatic heterocycles. The van der Waals surface area contributed by atoms with E-state index in [0.29, 0.717) is 0 Å². The molecule has 104 valence electrons. The normalized spacial score (nSPS) is 27.1. The second kappa shape index (κ2) is 7.07. The summed E-state index contributed by atoms with van der Waals surface area (Å²) in [7, 11) is 2.06. The van der Waals surface area contributed by atoms with E-state index in [9.17, 15) is 4.79 Å². The summed E-state index contributed by atoms with van der Waals surface area (Å²) >= 11 is 0. The molecule has 0 aromatic rings. The average molecular weight is 255 g/mol. The van der Waals surface area contributed by atoms with Crippen molar-refractivity contribution in [3.05, 3.63) is 0 Å². The van der Waals surface area contributed by atoms with E-state index in [2.05, 4.69) is 22.6 Å². The molecule has 18 heavy (non-hydrogen) atoms. The SMILES string of the molecule is CN1CCNC(C(=O)NCCC2CCOCC2)C1. The summed E-state index contributed by atoms with van der Waals surface area (Å²) in [6, 6.07) is -0.0431. The van der Waals surface area contributed by atoms with Crippen LogP contribution in [0.15, 0.2) is 0 Å². The van der Waals surface area contributed by atoms with Crippen molar-refractivity contribution in [2.45, 2.75) is 25.3 Å². The van der Waals surface area contributed by atoms with Crippen molar-refractivity contribution in [1.29, 1.82) is 0 Å². The summed E-state index contributed by atoms with van der Waals surface area (Å²) in [6.07, 6.45) is 3.36. The highest BCUT2D eigenvalue weighted by molar-refractivity contribution is 5.82. The second-order valence-electron chi connectivity index (χ2n) is 5.40. The Labute approximate surface area is 109 Å². The fraction of sp³-hybridized carbons (Fsp3) is 0.923. The van der Waals surface area contributed by atoms with Crippen LogP contribution in [-0.2, 0) is 9.53 Å². The molecule has 2 aliphatic rings. The lowest BCUT2D eigenvalue weighted by Gasteiger charge is -2.30. The maximum absolute atomic E-state index is 12.0. The lowest BCUT2D eigenvalue weighted by atomic mass is 9.96. The molecule has 1 amide bonds. The fourth-order valence-electron chi connectivity index (χ4n) is 2.63. The molecule has 2 fully saturated rings. The van der Waals surface area contributed by atoms with Crippen LogP contribution in [0.3, 0.4) is 0 Å². The third-order valence-electron chi connectivity index (χ3n) is 3.89. The molecule has 1 atom stereocenters. The first kappa shape index (κ1) is 13.8. The van der Waals surface area contributed by atoms with Crippen LogP contribution in [-0.4, -0.2) is 63.3 Å². The van der Waals surface area contributed by atoms with E-state index >= 15 is 0 Å². The highest BCUT2D eigenvalue weighted by atomic mass is 16.5. The molecule has 1 unspecified atom stereocenters. The zero-order valence-corrected chi connectivity index (χ0v) is 11.3. The number of likely N-dealkylation sites (N-methyl/N-ethyl adjacent to an activating group) is 1. The molecule has 0 bridgehead atoms. The Balaban J connectivity index is 1.61. The van der Waals surface area contributed by atoms with Gasteiger partial charge in [-0.3, -0.25) is 4.79 Å². The topological polar surface area (TPSA) is 53.6 Å². The molecular formula is C13H25N3O2. The van der Waals surface area contributed by atoms with Crippen molar-refractivity contribution in [3.63, 3.8) is 0 Å². The maximum atomic E-state index is 12.0.